The van der Waals surface area contributed by atoms with Crippen LogP contribution in [0.25, 0.3) is 0 Å². The molecule has 0 heterocycles. The third kappa shape index (κ3) is 2.73. The molecule has 5 nitrogen and oxygen atoms in total. The van der Waals surface area contributed by atoms with Gasteiger partial charge in [-0.15, -0.1) is 0 Å². The molecule has 0 spiro atoms. The van der Waals surface area contributed by atoms with Crippen molar-refractivity contribution in [2.75, 3.05) is 7.05 Å². The molecule has 0 radical (unpaired) electrons. The van der Waals surface area contributed by atoms with Gasteiger partial charge in [-0.05, 0) is 28.1 Å². The topological polar surface area (TPSA) is 89.3 Å². The fourth-order valence-electron chi connectivity index (χ4n) is 1.06. The first-order valence-corrected chi connectivity index (χ1v) is 6.73. The van der Waals surface area contributed by atoms with Crippen LogP contribution in [-0.2, 0) is 10.0 Å². The molecular formula is C8H8BrClN2O3S. The number of hydrogen-bond acceptors (Lipinski definition) is 3. The Bertz CT molecular complexity index is 544. The number of amides is 1. The number of sulfonamides is 1. The van der Waals surface area contributed by atoms with Gasteiger partial charge in [-0.1, -0.05) is 11.6 Å². The molecule has 0 saturated heterocycles. The van der Waals surface area contributed by atoms with Crippen molar-refractivity contribution in [3.05, 3.63) is 27.2 Å². The molecule has 0 fully saturated rings. The van der Waals surface area contributed by atoms with Gasteiger partial charge < -0.3 is 5.32 Å². The number of hydrogen-bond donors (Lipinski definition) is 2. The van der Waals surface area contributed by atoms with E-state index in [4.69, 9.17) is 16.7 Å². The number of benzene rings is 1. The highest BCUT2D eigenvalue weighted by molar-refractivity contribution is 9.10. The molecule has 1 aromatic carbocycles. The molecule has 1 aromatic rings. The molecule has 0 aliphatic carbocycles. The van der Waals surface area contributed by atoms with E-state index in [0.717, 1.165) is 6.07 Å². The fraction of sp³-hybridized carbons (Fsp3) is 0.125. The SMILES string of the molecule is CNC(=O)c1cc(S(N)(=O)=O)c(Br)cc1Cl. The number of rotatable bonds is 2. The Kier molecular flexibility index (Phi) is 3.95. The largest absolute Gasteiger partial charge is 0.355 e. The summed E-state index contributed by atoms with van der Waals surface area (Å²) in [6, 6.07) is 2.44. The van der Waals surface area contributed by atoms with E-state index in [-0.39, 0.29) is 20.0 Å². The molecule has 0 aliphatic heterocycles. The predicted molar refractivity (Wildman–Crippen MR) is 63.9 cm³/mol. The summed E-state index contributed by atoms with van der Waals surface area (Å²) >= 11 is 8.81. The zero-order chi connectivity index (χ0) is 12.5. The number of primary sulfonamides is 1. The Morgan fingerprint density at radius 2 is 2.06 bits per heavy atom. The molecular weight excluding hydrogens is 320 g/mol. The van der Waals surface area contributed by atoms with Gasteiger partial charge in [-0.3, -0.25) is 4.79 Å². The molecule has 1 rings (SSSR count). The second-order valence-electron chi connectivity index (χ2n) is 2.89. The average molecular weight is 328 g/mol. The van der Waals surface area contributed by atoms with Crippen LogP contribution in [0, 0.1) is 0 Å². The van der Waals surface area contributed by atoms with E-state index in [2.05, 4.69) is 21.2 Å². The molecule has 0 aromatic heterocycles. The lowest BCUT2D eigenvalue weighted by Crippen LogP contribution is -2.20. The van der Waals surface area contributed by atoms with Crippen molar-refractivity contribution in [3.8, 4) is 0 Å². The maximum Gasteiger partial charge on any atom is 0.252 e. The lowest BCUT2D eigenvalue weighted by molar-refractivity contribution is 0.0963. The lowest BCUT2D eigenvalue weighted by Gasteiger charge is -2.07. The van der Waals surface area contributed by atoms with E-state index in [0.29, 0.717) is 0 Å². The molecule has 0 unspecified atom stereocenters. The fourth-order valence-corrected chi connectivity index (χ4v) is 3.07. The van der Waals surface area contributed by atoms with Crippen LogP contribution in [0.15, 0.2) is 21.5 Å². The molecule has 8 heteroatoms. The first kappa shape index (κ1) is 13.4. The normalized spacial score (nSPS) is 11.2. The molecule has 0 atom stereocenters. The minimum Gasteiger partial charge on any atom is -0.355 e. The smallest absolute Gasteiger partial charge is 0.252 e. The monoisotopic (exact) mass is 326 g/mol. The molecule has 3 N–H and O–H groups in total. The van der Waals surface area contributed by atoms with Crippen LogP contribution in [0.3, 0.4) is 0 Å². The summed E-state index contributed by atoms with van der Waals surface area (Å²) in [6.07, 6.45) is 0. The Balaban J connectivity index is 3.51. The predicted octanol–water partition coefficient (Wildman–Crippen LogP) is 1.11. The summed E-state index contributed by atoms with van der Waals surface area (Å²) in [5, 5.41) is 7.47. The zero-order valence-corrected chi connectivity index (χ0v) is 11.3. The lowest BCUT2D eigenvalue weighted by atomic mass is 10.2. The third-order valence-electron chi connectivity index (χ3n) is 1.80. The van der Waals surface area contributed by atoms with Crippen LogP contribution in [0.1, 0.15) is 10.4 Å². The van der Waals surface area contributed by atoms with Gasteiger partial charge >= 0.3 is 0 Å². The van der Waals surface area contributed by atoms with Crippen LogP contribution < -0.4 is 10.5 Å². The molecule has 16 heavy (non-hydrogen) atoms. The third-order valence-corrected chi connectivity index (χ3v) is 3.98. The van der Waals surface area contributed by atoms with Crippen molar-refractivity contribution in [2.24, 2.45) is 5.14 Å². The van der Waals surface area contributed by atoms with E-state index in [1.54, 1.807) is 0 Å². The molecule has 0 aliphatic rings. The van der Waals surface area contributed by atoms with Crippen molar-refractivity contribution in [2.45, 2.75) is 4.90 Å². The summed E-state index contributed by atoms with van der Waals surface area (Å²) in [6.45, 7) is 0. The summed E-state index contributed by atoms with van der Waals surface area (Å²) in [5.41, 5.74) is 0.0522. The number of halogens is 2. The first-order chi connectivity index (χ1) is 7.27. The standard InChI is InChI=1S/C8H8BrClN2O3S/c1-12-8(13)4-2-7(16(11,14)15)5(9)3-6(4)10/h2-3H,1H3,(H,12,13)(H2,11,14,15). The van der Waals surface area contributed by atoms with Crippen LogP contribution in [0.2, 0.25) is 5.02 Å². The van der Waals surface area contributed by atoms with E-state index in [1.807, 2.05) is 0 Å². The van der Waals surface area contributed by atoms with Crippen molar-refractivity contribution < 1.29 is 13.2 Å². The minimum absolute atomic E-state index is 0.0522. The van der Waals surface area contributed by atoms with Gasteiger partial charge in [0.1, 0.15) is 0 Å². The van der Waals surface area contributed by atoms with Gasteiger partial charge in [0.2, 0.25) is 10.0 Å². The van der Waals surface area contributed by atoms with Gasteiger partial charge in [-0.2, -0.15) is 0 Å². The Morgan fingerprint density at radius 3 is 2.50 bits per heavy atom. The van der Waals surface area contributed by atoms with E-state index >= 15 is 0 Å². The van der Waals surface area contributed by atoms with Crippen LogP contribution in [0.5, 0.6) is 0 Å². The summed E-state index contributed by atoms with van der Waals surface area (Å²) < 4.78 is 22.6. The highest BCUT2D eigenvalue weighted by Gasteiger charge is 2.18. The summed E-state index contributed by atoms with van der Waals surface area (Å²) in [4.78, 5) is 11.2. The van der Waals surface area contributed by atoms with Crippen molar-refractivity contribution >= 4 is 43.5 Å². The highest BCUT2D eigenvalue weighted by Crippen LogP contribution is 2.28. The molecule has 88 valence electrons. The summed E-state index contributed by atoms with van der Waals surface area (Å²) in [7, 11) is -2.49. The van der Waals surface area contributed by atoms with Gasteiger partial charge in [0, 0.05) is 11.5 Å². The summed E-state index contributed by atoms with van der Waals surface area (Å²) in [5.74, 6) is -0.484. The maximum absolute atomic E-state index is 11.4. The number of nitrogens with two attached hydrogens (primary N) is 1. The van der Waals surface area contributed by atoms with Crippen molar-refractivity contribution in [1.82, 2.24) is 5.32 Å². The Morgan fingerprint density at radius 1 is 1.50 bits per heavy atom. The van der Waals surface area contributed by atoms with Gasteiger partial charge in [0.25, 0.3) is 5.91 Å². The van der Waals surface area contributed by atoms with Gasteiger partial charge in [0.05, 0.1) is 15.5 Å². The van der Waals surface area contributed by atoms with Crippen molar-refractivity contribution in [1.29, 1.82) is 0 Å². The van der Waals surface area contributed by atoms with Crippen LogP contribution >= 0.6 is 27.5 Å². The quantitative estimate of drug-likeness (QED) is 0.852. The van der Waals surface area contributed by atoms with E-state index < -0.39 is 15.9 Å². The zero-order valence-electron chi connectivity index (χ0n) is 8.12. The highest BCUT2D eigenvalue weighted by atomic mass is 79.9. The van der Waals surface area contributed by atoms with Crippen molar-refractivity contribution in [3.63, 3.8) is 0 Å². The second kappa shape index (κ2) is 4.70. The van der Waals surface area contributed by atoms with Gasteiger partial charge in [-0.25, -0.2) is 13.6 Å². The average Bonchev–Trinajstić information content (AvgIpc) is 2.14. The minimum atomic E-state index is -3.90. The molecule has 0 saturated carbocycles. The number of carbonyl (C=O) groups is 1. The van der Waals surface area contributed by atoms with Gasteiger partial charge in [0.15, 0.2) is 0 Å². The molecule has 0 bridgehead atoms. The second-order valence-corrected chi connectivity index (χ2v) is 5.68. The number of nitrogens with one attached hydrogen (secondary N) is 1. The van der Waals surface area contributed by atoms with Crippen LogP contribution in [-0.4, -0.2) is 21.4 Å². The number of carbonyl (C=O) groups excluding carboxylic acids is 1. The Hall–Kier alpha value is -0.630. The van der Waals surface area contributed by atoms with E-state index in [1.165, 1.54) is 13.1 Å². The van der Waals surface area contributed by atoms with E-state index in [9.17, 15) is 13.2 Å². The Labute approximate surface area is 106 Å². The maximum atomic E-state index is 11.4. The molecule has 1 amide bonds. The van der Waals surface area contributed by atoms with Crippen LogP contribution in [0.4, 0.5) is 0 Å². The first-order valence-electron chi connectivity index (χ1n) is 4.01.